The quantitative estimate of drug-likeness (QED) is 0.700. The first kappa shape index (κ1) is 13.4. The van der Waals surface area contributed by atoms with Crippen LogP contribution in [0.5, 0.6) is 0 Å². The summed E-state index contributed by atoms with van der Waals surface area (Å²) in [4.78, 5) is 21.0. The Hall–Kier alpha value is -1.69. The Morgan fingerprint density at radius 3 is 2.94 bits per heavy atom. The Kier molecular flexibility index (Phi) is 5.35. The van der Waals surface area contributed by atoms with Crippen LogP contribution >= 0.6 is 0 Å². The summed E-state index contributed by atoms with van der Waals surface area (Å²) in [6, 6.07) is 1.80. The number of methoxy groups -OCH3 is 1. The minimum Gasteiger partial charge on any atom is -0.383 e. The van der Waals surface area contributed by atoms with Crippen LogP contribution in [0.25, 0.3) is 0 Å². The van der Waals surface area contributed by atoms with Gasteiger partial charge in [0.2, 0.25) is 0 Å². The molecule has 0 aliphatic heterocycles. The van der Waals surface area contributed by atoms with Crippen LogP contribution in [0.1, 0.15) is 6.92 Å². The van der Waals surface area contributed by atoms with Gasteiger partial charge in [-0.15, -0.1) is 0 Å². The van der Waals surface area contributed by atoms with Crippen molar-refractivity contribution in [1.82, 2.24) is 9.97 Å². The number of ketones is 1. The van der Waals surface area contributed by atoms with Crippen LogP contribution < -0.4 is 10.2 Å². The van der Waals surface area contributed by atoms with Gasteiger partial charge in [0.05, 0.1) is 13.2 Å². The smallest absolute Gasteiger partial charge is 0.149 e. The Balaban J connectivity index is 2.61. The largest absolute Gasteiger partial charge is 0.383 e. The molecule has 0 bridgehead atoms. The summed E-state index contributed by atoms with van der Waals surface area (Å²) in [6.07, 6.45) is 1.47. The minimum atomic E-state index is 0.0972. The van der Waals surface area contributed by atoms with E-state index in [1.54, 1.807) is 25.0 Å². The van der Waals surface area contributed by atoms with Crippen molar-refractivity contribution in [3.8, 4) is 0 Å². The first-order valence-corrected chi connectivity index (χ1v) is 5.39. The highest BCUT2D eigenvalue weighted by atomic mass is 16.5. The fourth-order valence-electron chi connectivity index (χ4n) is 1.35. The predicted octanol–water partition coefficient (Wildman–Crippen LogP) is 0.560. The Morgan fingerprint density at radius 1 is 1.53 bits per heavy atom. The van der Waals surface area contributed by atoms with Gasteiger partial charge in [-0.3, -0.25) is 4.79 Å². The molecule has 0 spiro atoms. The Labute approximate surface area is 101 Å². The second-order valence-electron chi connectivity index (χ2n) is 3.74. The number of hydrogen-bond donors (Lipinski definition) is 1. The summed E-state index contributed by atoms with van der Waals surface area (Å²) in [7, 11) is 3.47. The summed E-state index contributed by atoms with van der Waals surface area (Å²) in [5, 5.41) is 3.11. The van der Waals surface area contributed by atoms with E-state index < -0.39 is 0 Å². The minimum absolute atomic E-state index is 0.0972. The van der Waals surface area contributed by atoms with Crippen LogP contribution in [0.3, 0.4) is 0 Å². The summed E-state index contributed by atoms with van der Waals surface area (Å²) < 4.78 is 4.93. The molecule has 0 atom stereocenters. The van der Waals surface area contributed by atoms with Gasteiger partial charge in [-0.1, -0.05) is 0 Å². The predicted molar refractivity (Wildman–Crippen MR) is 66.3 cm³/mol. The molecule has 1 aromatic heterocycles. The van der Waals surface area contributed by atoms with E-state index >= 15 is 0 Å². The third-order valence-electron chi connectivity index (χ3n) is 2.12. The molecule has 17 heavy (non-hydrogen) atoms. The molecule has 1 rings (SSSR count). The molecule has 0 amide bonds. The van der Waals surface area contributed by atoms with E-state index in [0.717, 1.165) is 11.6 Å². The molecule has 0 aromatic carbocycles. The summed E-state index contributed by atoms with van der Waals surface area (Å²) in [6.45, 7) is 3.19. The van der Waals surface area contributed by atoms with E-state index in [-0.39, 0.29) is 5.78 Å². The van der Waals surface area contributed by atoms with Crippen LogP contribution in [-0.4, -0.2) is 49.6 Å². The highest BCUT2D eigenvalue weighted by Gasteiger charge is 2.06. The number of likely N-dealkylation sites (N-methyl/N-ethyl adjacent to an activating group) is 1. The average Bonchev–Trinajstić information content (AvgIpc) is 2.29. The number of rotatable bonds is 7. The molecule has 0 fully saturated rings. The summed E-state index contributed by atoms with van der Waals surface area (Å²) in [5.74, 6) is 1.54. The number of carbonyl (C=O) groups is 1. The molecular weight excluding hydrogens is 220 g/mol. The summed E-state index contributed by atoms with van der Waals surface area (Å²) in [5.41, 5.74) is 0. The van der Waals surface area contributed by atoms with E-state index in [2.05, 4.69) is 15.3 Å². The summed E-state index contributed by atoms with van der Waals surface area (Å²) >= 11 is 0. The third kappa shape index (κ3) is 4.78. The number of ether oxygens (including phenoxy) is 1. The number of Topliss-reactive ketones (excluding diaryl/α,β-unsaturated/α-hetero) is 1. The van der Waals surface area contributed by atoms with Crippen LogP contribution in [0, 0.1) is 0 Å². The Morgan fingerprint density at radius 2 is 2.29 bits per heavy atom. The van der Waals surface area contributed by atoms with Gasteiger partial charge in [0.25, 0.3) is 0 Å². The number of nitrogens with zero attached hydrogens (tertiary/aromatic N) is 3. The van der Waals surface area contributed by atoms with Gasteiger partial charge in [-0.2, -0.15) is 0 Å². The van der Waals surface area contributed by atoms with Gasteiger partial charge in [0.15, 0.2) is 0 Å². The van der Waals surface area contributed by atoms with Gasteiger partial charge >= 0.3 is 0 Å². The number of carbonyl (C=O) groups excluding carboxylic acids is 1. The number of nitrogens with one attached hydrogen (secondary N) is 1. The maximum absolute atomic E-state index is 11.0. The molecule has 0 radical (unpaired) electrons. The van der Waals surface area contributed by atoms with E-state index in [4.69, 9.17) is 4.74 Å². The van der Waals surface area contributed by atoms with Gasteiger partial charge in [-0.05, 0) is 6.92 Å². The van der Waals surface area contributed by atoms with Crippen molar-refractivity contribution in [2.75, 3.05) is 44.1 Å². The van der Waals surface area contributed by atoms with Crippen molar-refractivity contribution >= 4 is 17.4 Å². The SMILES string of the molecule is COCCNc1cc(N(C)CC(C)=O)ncn1. The average molecular weight is 238 g/mol. The lowest BCUT2D eigenvalue weighted by molar-refractivity contribution is -0.115. The van der Waals surface area contributed by atoms with E-state index in [1.165, 1.54) is 6.33 Å². The zero-order chi connectivity index (χ0) is 12.7. The molecule has 6 nitrogen and oxygen atoms in total. The molecule has 1 heterocycles. The van der Waals surface area contributed by atoms with E-state index in [9.17, 15) is 4.79 Å². The van der Waals surface area contributed by atoms with Crippen LogP contribution in [0.2, 0.25) is 0 Å². The molecule has 0 unspecified atom stereocenters. The van der Waals surface area contributed by atoms with Crippen molar-refractivity contribution < 1.29 is 9.53 Å². The number of anilines is 2. The zero-order valence-corrected chi connectivity index (χ0v) is 10.4. The van der Waals surface area contributed by atoms with Crippen molar-refractivity contribution in [3.63, 3.8) is 0 Å². The molecule has 0 aliphatic rings. The van der Waals surface area contributed by atoms with E-state index in [1.807, 2.05) is 7.05 Å². The molecule has 94 valence electrons. The fraction of sp³-hybridized carbons (Fsp3) is 0.545. The van der Waals surface area contributed by atoms with Gasteiger partial charge < -0.3 is 15.0 Å². The van der Waals surface area contributed by atoms with Gasteiger partial charge in [0, 0.05) is 26.8 Å². The van der Waals surface area contributed by atoms with Crippen molar-refractivity contribution in [3.05, 3.63) is 12.4 Å². The molecule has 0 aliphatic carbocycles. The Bertz CT molecular complexity index is 370. The van der Waals surface area contributed by atoms with E-state index in [0.29, 0.717) is 19.7 Å². The fourth-order valence-corrected chi connectivity index (χ4v) is 1.35. The normalized spacial score (nSPS) is 10.1. The standard InChI is InChI=1S/C11H18N4O2/c1-9(16)7-15(2)11-6-10(13-8-14-11)12-4-5-17-3/h6,8H,4-5,7H2,1-3H3,(H,12,13,14). The lowest BCUT2D eigenvalue weighted by Crippen LogP contribution is -2.24. The number of aromatic nitrogens is 2. The zero-order valence-electron chi connectivity index (χ0n) is 10.4. The molecule has 1 aromatic rings. The van der Waals surface area contributed by atoms with Gasteiger partial charge in [-0.25, -0.2) is 9.97 Å². The first-order chi connectivity index (χ1) is 8.13. The molecule has 0 saturated heterocycles. The number of hydrogen-bond acceptors (Lipinski definition) is 6. The maximum atomic E-state index is 11.0. The van der Waals surface area contributed by atoms with Crippen molar-refractivity contribution in [2.45, 2.75) is 6.92 Å². The second kappa shape index (κ2) is 6.80. The second-order valence-corrected chi connectivity index (χ2v) is 3.74. The monoisotopic (exact) mass is 238 g/mol. The lowest BCUT2D eigenvalue weighted by atomic mass is 10.4. The third-order valence-corrected chi connectivity index (χ3v) is 2.12. The highest BCUT2D eigenvalue weighted by molar-refractivity contribution is 5.80. The molecule has 6 heteroatoms. The van der Waals surface area contributed by atoms with Crippen LogP contribution in [0.4, 0.5) is 11.6 Å². The van der Waals surface area contributed by atoms with Crippen LogP contribution in [0.15, 0.2) is 12.4 Å². The van der Waals surface area contributed by atoms with Gasteiger partial charge in [0.1, 0.15) is 23.7 Å². The van der Waals surface area contributed by atoms with Crippen molar-refractivity contribution in [2.24, 2.45) is 0 Å². The maximum Gasteiger partial charge on any atom is 0.149 e. The first-order valence-electron chi connectivity index (χ1n) is 5.39. The molecular formula is C11H18N4O2. The lowest BCUT2D eigenvalue weighted by Gasteiger charge is -2.16. The molecule has 1 N–H and O–H groups in total. The molecule has 0 saturated carbocycles. The van der Waals surface area contributed by atoms with Crippen LogP contribution in [-0.2, 0) is 9.53 Å². The topological polar surface area (TPSA) is 67.3 Å². The van der Waals surface area contributed by atoms with Crippen molar-refractivity contribution in [1.29, 1.82) is 0 Å². The highest BCUT2D eigenvalue weighted by Crippen LogP contribution is 2.11.